The molecule has 33 heavy (non-hydrogen) atoms. The molecule has 1 aromatic carbocycles. The van der Waals surface area contributed by atoms with E-state index >= 15 is 0 Å². The van der Waals surface area contributed by atoms with Gasteiger partial charge in [-0.25, -0.2) is 18.2 Å². The minimum absolute atomic E-state index is 0.00765. The molecule has 2 aromatic heterocycles. The fourth-order valence-electron chi connectivity index (χ4n) is 3.27. The third kappa shape index (κ3) is 5.14. The summed E-state index contributed by atoms with van der Waals surface area (Å²) in [5.41, 5.74) is 0.729. The lowest BCUT2D eigenvalue weighted by atomic mass is 10.2. The molecular formula is C21H21N3O7S2. The van der Waals surface area contributed by atoms with Crippen LogP contribution in [0.5, 0.6) is 5.75 Å². The minimum atomic E-state index is -3.79. The number of thiophene rings is 1. The number of rotatable bonds is 7. The third-order valence-electron chi connectivity index (χ3n) is 4.90. The molecule has 1 fully saturated rings. The number of esters is 1. The smallest absolute Gasteiger partial charge is 0.331 e. The largest absolute Gasteiger partial charge is 0.495 e. The van der Waals surface area contributed by atoms with Gasteiger partial charge in [0.15, 0.2) is 0 Å². The van der Waals surface area contributed by atoms with Crippen molar-refractivity contribution >= 4 is 43.6 Å². The highest BCUT2D eigenvalue weighted by molar-refractivity contribution is 7.89. The quantitative estimate of drug-likeness (QED) is 0.391. The highest BCUT2D eigenvalue weighted by Crippen LogP contribution is 2.29. The second-order valence-electron chi connectivity index (χ2n) is 7.02. The van der Waals surface area contributed by atoms with E-state index in [2.05, 4.69) is 9.97 Å². The maximum absolute atomic E-state index is 13.1. The molecule has 0 aliphatic carbocycles. The molecule has 0 amide bonds. The fourth-order valence-corrected chi connectivity index (χ4v) is 5.59. The van der Waals surface area contributed by atoms with Gasteiger partial charge in [0.1, 0.15) is 27.8 Å². The lowest BCUT2D eigenvalue weighted by molar-refractivity contribution is -0.139. The van der Waals surface area contributed by atoms with E-state index in [1.54, 1.807) is 17.5 Å². The number of nitrogens with zero attached hydrogens (tertiary/aromatic N) is 2. The van der Waals surface area contributed by atoms with Crippen LogP contribution in [0, 0.1) is 0 Å². The lowest BCUT2D eigenvalue weighted by Gasteiger charge is -2.26. The van der Waals surface area contributed by atoms with Gasteiger partial charge in [0.05, 0.1) is 25.8 Å². The Labute approximate surface area is 193 Å². The number of ether oxygens (including phenoxy) is 3. The van der Waals surface area contributed by atoms with Gasteiger partial charge in [-0.3, -0.25) is 4.79 Å². The number of aromatic amines is 1. The Kier molecular flexibility index (Phi) is 6.88. The monoisotopic (exact) mass is 491 g/mol. The molecule has 12 heteroatoms. The highest BCUT2D eigenvalue weighted by atomic mass is 32.2. The Morgan fingerprint density at radius 1 is 1.30 bits per heavy atom. The van der Waals surface area contributed by atoms with E-state index in [4.69, 9.17) is 14.2 Å². The number of sulfonamides is 1. The van der Waals surface area contributed by atoms with E-state index in [0.717, 1.165) is 0 Å². The molecular weight excluding hydrogens is 470 g/mol. The topological polar surface area (TPSA) is 128 Å². The van der Waals surface area contributed by atoms with Crippen LogP contribution in [0.1, 0.15) is 11.4 Å². The third-order valence-corrected chi connectivity index (χ3v) is 7.72. The van der Waals surface area contributed by atoms with Gasteiger partial charge in [0, 0.05) is 19.2 Å². The predicted octanol–water partition coefficient (Wildman–Crippen LogP) is 1.77. The van der Waals surface area contributed by atoms with Gasteiger partial charge < -0.3 is 19.2 Å². The molecule has 1 aliphatic rings. The number of aromatic nitrogens is 2. The molecule has 0 spiro atoms. The van der Waals surface area contributed by atoms with Crippen LogP contribution in [0.4, 0.5) is 0 Å². The number of nitrogens with one attached hydrogen (secondary N) is 1. The molecule has 0 bridgehead atoms. The van der Waals surface area contributed by atoms with Gasteiger partial charge in [0.2, 0.25) is 10.0 Å². The first-order valence-electron chi connectivity index (χ1n) is 9.95. The second-order valence-corrected chi connectivity index (χ2v) is 9.84. The summed E-state index contributed by atoms with van der Waals surface area (Å²) < 4.78 is 43.6. The standard InChI is InChI=1S/C21H21N3O7S2/c1-29-16-4-2-14(12-17(16)33(27,28)24-7-9-30-10-8-24)3-5-19(25)31-13-18-22-15-6-11-32-20(15)21(26)23-18/h2-6,11-12H,7-10,13H2,1H3,(H,22,23,26). The Hall–Kier alpha value is -3.06. The Morgan fingerprint density at radius 2 is 2.09 bits per heavy atom. The van der Waals surface area contributed by atoms with Crippen LogP contribution in [0.2, 0.25) is 0 Å². The zero-order valence-corrected chi connectivity index (χ0v) is 19.3. The molecule has 3 aromatic rings. The number of hydrogen-bond donors (Lipinski definition) is 1. The number of carbonyl (C=O) groups excluding carboxylic acids is 1. The maximum atomic E-state index is 13.1. The summed E-state index contributed by atoms with van der Waals surface area (Å²) in [5, 5.41) is 1.76. The molecule has 174 valence electrons. The zero-order valence-electron chi connectivity index (χ0n) is 17.6. The number of H-pyrrole nitrogens is 1. The summed E-state index contributed by atoms with van der Waals surface area (Å²) in [6.45, 7) is 0.957. The van der Waals surface area contributed by atoms with Gasteiger partial charge in [-0.05, 0) is 35.2 Å². The summed E-state index contributed by atoms with van der Waals surface area (Å²) in [5.74, 6) is -0.229. The van der Waals surface area contributed by atoms with Gasteiger partial charge in [-0.2, -0.15) is 4.31 Å². The van der Waals surface area contributed by atoms with E-state index in [1.807, 2.05) is 0 Å². The summed E-state index contributed by atoms with van der Waals surface area (Å²) >= 11 is 1.28. The first kappa shape index (κ1) is 23.1. The number of carbonyl (C=O) groups is 1. The Bertz CT molecular complexity index is 1360. The predicted molar refractivity (Wildman–Crippen MR) is 122 cm³/mol. The van der Waals surface area contributed by atoms with Crippen molar-refractivity contribution < 1.29 is 27.4 Å². The van der Waals surface area contributed by atoms with Crippen molar-refractivity contribution in [1.82, 2.24) is 14.3 Å². The summed E-state index contributed by atoms with van der Waals surface area (Å²) in [6, 6.07) is 6.32. The van der Waals surface area contributed by atoms with Crippen molar-refractivity contribution in [2.75, 3.05) is 33.4 Å². The SMILES string of the molecule is COc1ccc(C=CC(=O)OCc2nc3ccsc3c(=O)[nH]2)cc1S(=O)(=O)N1CCOCC1. The molecule has 4 rings (SSSR count). The number of benzene rings is 1. The number of methoxy groups -OCH3 is 1. The van der Waals surface area contributed by atoms with Crippen LogP contribution in [0.15, 0.2) is 45.4 Å². The number of hydrogen-bond acceptors (Lipinski definition) is 9. The maximum Gasteiger partial charge on any atom is 0.331 e. The average Bonchev–Trinajstić information content (AvgIpc) is 3.31. The van der Waals surface area contributed by atoms with Gasteiger partial charge in [-0.15, -0.1) is 11.3 Å². The van der Waals surface area contributed by atoms with Crippen LogP contribution in [-0.2, 0) is 30.9 Å². The zero-order chi connectivity index (χ0) is 23.4. The van der Waals surface area contributed by atoms with Crippen molar-refractivity contribution in [3.05, 3.63) is 57.5 Å². The normalized spacial score (nSPS) is 15.2. The fraction of sp³-hybridized carbons (Fsp3) is 0.286. The van der Waals surface area contributed by atoms with Crippen molar-refractivity contribution in [3.8, 4) is 5.75 Å². The van der Waals surface area contributed by atoms with Crippen molar-refractivity contribution in [2.24, 2.45) is 0 Å². The van der Waals surface area contributed by atoms with Gasteiger partial charge in [-0.1, -0.05) is 6.07 Å². The van der Waals surface area contributed by atoms with Crippen molar-refractivity contribution in [2.45, 2.75) is 11.5 Å². The van der Waals surface area contributed by atoms with Crippen LogP contribution < -0.4 is 10.3 Å². The first-order valence-corrected chi connectivity index (χ1v) is 12.3. The molecule has 1 aliphatic heterocycles. The van der Waals surface area contributed by atoms with Crippen LogP contribution in [-0.4, -0.2) is 62.1 Å². The van der Waals surface area contributed by atoms with E-state index < -0.39 is 16.0 Å². The molecule has 10 nitrogen and oxygen atoms in total. The van der Waals surface area contributed by atoms with E-state index in [9.17, 15) is 18.0 Å². The Balaban J connectivity index is 1.47. The number of morpholine rings is 1. The van der Waals surface area contributed by atoms with E-state index in [-0.39, 0.29) is 41.7 Å². The van der Waals surface area contributed by atoms with Crippen LogP contribution in [0.25, 0.3) is 16.3 Å². The first-order chi connectivity index (χ1) is 15.9. The highest BCUT2D eigenvalue weighted by Gasteiger charge is 2.29. The summed E-state index contributed by atoms with van der Waals surface area (Å²) in [6.07, 6.45) is 2.62. The van der Waals surface area contributed by atoms with Gasteiger partial charge >= 0.3 is 5.97 Å². The van der Waals surface area contributed by atoms with Crippen molar-refractivity contribution in [3.63, 3.8) is 0 Å². The van der Waals surface area contributed by atoms with Gasteiger partial charge in [0.25, 0.3) is 5.56 Å². The summed E-state index contributed by atoms with van der Waals surface area (Å²) in [7, 11) is -2.40. The molecule has 0 unspecified atom stereocenters. The minimum Gasteiger partial charge on any atom is -0.495 e. The molecule has 0 atom stereocenters. The molecule has 1 N–H and O–H groups in total. The van der Waals surface area contributed by atoms with Crippen LogP contribution in [0.3, 0.4) is 0 Å². The summed E-state index contributed by atoms with van der Waals surface area (Å²) in [4.78, 5) is 31.0. The molecule has 0 radical (unpaired) electrons. The van der Waals surface area contributed by atoms with Crippen LogP contribution >= 0.6 is 11.3 Å². The lowest BCUT2D eigenvalue weighted by Crippen LogP contribution is -2.40. The Morgan fingerprint density at radius 3 is 2.85 bits per heavy atom. The number of fused-ring (bicyclic) bond motifs is 1. The van der Waals surface area contributed by atoms with Crippen molar-refractivity contribution in [1.29, 1.82) is 0 Å². The van der Waals surface area contributed by atoms with E-state index in [0.29, 0.717) is 29.0 Å². The average molecular weight is 492 g/mol. The second kappa shape index (κ2) is 9.83. The molecule has 3 heterocycles. The molecule has 1 saturated heterocycles. The molecule has 0 saturated carbocycles. The van der Waals surface area contributed by atoms with E-state index in [1.165, 1.54) is 47.0 Å².